The first-order valence-electron chi connectivity index (χ1n) is 13.9. The molecule has 9 heteroatoms. The number of benzene rings is 2. The van der Waals surface area contributed by atoms with Gasteiger partial charge in [-0.1, -0.05) is 41.4 Å². The molecule has 0 aliphatic carbocycles. The van der Waals surface area contributed by atoms with E-state index in [0.717, 1.165) is 67.0 Å². The van der Waals surface area contributed by atoms with Crippen LogP contribution >= 0.6 is 23.2 Å². The van der Waals surface area contributed by atoms with Gasteiger partial charge in [0.2, 0.25) is 0 Å². The van der Waals surface area contributed by atoms with E-state index in [1.54, 1.807) is 0 Å². The van der Waals surface area contributed by atoms with Gasteiger partial charge in [-0.05, 0) is 63.2 Å². The highest BCUT2D eigenvalue weighted by molar-refractivity contribution is 6.46. The fraction of sp³-hybridized carbons (Fsp3) is 0.517. The van der Waals surface area contributed by atoms with Crippen molar-refractivity contribution in [2.24, 2.45) is 0 Å². The molecule has 1 N–H and O–H groups in total. The second-order valence-electron chi connectivity index (χ2n) is 11.3. The number of rotatable bonds is 5. The Labute approximate surface area is 234 Å². The molecule has 2 bridgehead atoms. The van der Waals surface area contributed by atoms with E-state index in [-0.39, 0.29) is 0 Å². The lowest BCUT2D eigenvalue weighted by molar-refractivity contribution is 0.187. The highest BCUT2D eigenvalue weighted by Gasteiger charge is 2.35. The number of anilines is 2. The summed E-state index contributed by atoms with van der Waals surface area (Å²) in [5.41, 5.74) is 3.41. The molecule has 4 aliphatic rings. The Morgan fingerprint density at radius 2 is 1.84 bits per heavy atom. The van der Waals surface area contributed by atoms with Crippen molar-refractivity contribution < 1.29 is 4.74 Å². The van der Waals surface area contributed by atoms with E-state index in [1.165, 1.54) is 24.8 Å². The maximum absolute atomic E-state index is 6.73. The van der Waals surface area contributed by atoms with E-state index in [1.807, 2.05) is 12.1 Å². The predicted molar refractivity (Wildman–Crippen MR) is 154 cm³/mol. The first-order chi connectivity index (χ1) is 18.5. The van der Waals surface area contributed by atoms with Crippen LogP contribution in [0.25, 0.3) is 10.8 Å². The molecule has 3 saturated heterocycles. The quantitative estimate of drug-likeness (QED) is 0.482. The molecule has 2 aromatic carbocycles. The molecule has 3 aromatic rings. The number of nitrogens with zero attached hydrogens (tertiary/aromatic N) is 5. The molecule has 5 heterocycles. The molecule has 0 radical (unpaired) electrons. The molecule has 4 aliphatic heterocycles. The van der Waals surface area contributed by atoms with Crippen LogP contribution in [0.2, 0.25) is 10.0 Å². The topological polar surface area (TPSA) is 56.8 Å². The number of hydrogen-bond donors (Lipinski definition) is 1. The number of aromatic nitrogens is 2. The molecule has 200 valence electrons. The monoisotopic (exact) mass is 552 g/mol. The van der Waals surface area contributed by atoms with E-state index in [4.69, 9.17) is 37.9 Å². The molecule has 7 nitrogen and oxygen atoms in total. The van der Waals surface area contributed by atoms with Gasteiger partial charge in [0.25, 0.3) is 0 Å². The standard InChI is InChI=1S/C29H34Cl2N6O/c1-35-12-3-5-21(35)17-38-29-33-24-16-36(25-6-2-4-18-7-10-23(30)27(31)26(18)25)13-11-22(24)28(34-29)37-14-19-8-9-20(15-37)32-19/h2,4,6-7,10,19-21,32H,3,5,8-9,11-17H2,1H3/t19?,20?,21-/m0/s1. The van der Waals surface area contributed by atoms with Gasteiger partial charge in [-0.2, -0.15) is 9.97 Å². The number of ether oxygens (including phenoxy) is 1. The fourth-order valence-electron chi connectivity index (χ4n) is 6.81. The summed E-state index contributed by atoms with van der Waals surface area (Å²) in [6.45, 7) is 5.30. The van der Waals surface area contributed by atoms with Gasteiger partial charge in [0, 0.05) is 54.4 Å². The van der Waals surface area contributed by atoms with E-state index >= 15 is 0 Å². The molecule has 3 fully saturated rings. The minimum atomic E-state index is 0.423. The van der Waals surface area contributed by atoms with Crippen LogP contribution in [0.5, 0.6) is 6.01 Å². The third kappa shape index (κ3) is 4.47. The summed E-state index contributed by atoms with van der Waals surface area (Å²) in [5, 5.41) is 7.03. The van der Waals surface area contributed by atoms with Crippen molar-refractivity contribution in [3.8, 4) is 6.01 Å². The van der Waals surface area contributed by atoms with Crippen LogP contribution in [-0.4, -0.2) is 72.8 Å². The van der Waals surface area contributed by atoms with Crippen molar-refractivity contribution in [2.45, 2.75) is 56.8 Å². The van der Waals surface area contributed by atoms with Crippen LogP contribution in [0, 0.1) is 0 Å². The zero-order valence-electron chi connectivity index (χ0n) is 21.8. The van der Waals surface area contributed by atoms with E-state index in [2.05, 4.69) is 45.3 Å². The molecule has 7 rings (SSSR count). The molecular formula is C29H34Cl2N6O. The number of likely N-dealkylation sites (tertiary alicyclic amines) is 1. The molecule has 2 unspecified atom stereocenters. The highest BCUT2D eigenvalue weighted by Crippen LogP contribution is 2.40. The lowest BCUT2D eigenvalue weighted by atomic mass is 10.0. The summed E-state index contributed by atoms with van der Waals surface area (Å²) >= 11 is 13.2. The second kappa shape index (κ2) is 10.0. The van der Waals surface area contributed by atoms with Gasteiger partial charge in [-0.3, -0.25) is 0 Å². The molecule has 0 saturated carbocycles. The minimum absolute atomic E-state index is 0.423. The lowest BCUT2D eigenvalue weighted by Crippen LogP contribution is -2.52. The molecule has 38 heavy (non-hydrogen) atoms. The van der Waals surface area contributed by atoms with Gasteiger partial charge < -0.3 is 24.8 Å². The Balaban J connectivity index is 1.24. The van der Waals surface area contributed by atoms with Crippen molar-refractivity contribution >= 4 is 45.5 Å². The number of likely N-dealkylation sites (N-methyl/N-ethyl adjacent to an activating group) is 1. The third-order valence-electron chi connectivity index (χ3n) is 8.87. The number of nitrogens with one attached hydrogen (secondary N) is 1. The minimum Gasteiger partial charge on any atom is -0.462 e. The summed E-state index contributed by atoms with van der Waals surface area (Å²) in [7, 11) is 2.18. The van der Waals surface area contributed by atoms with E-state index in [9.17, 15) is 0 Å². The summed E-state index contributed by atoms with van der Waals surface area (Å²) in [5.74, 6) is 1.07. The van der Waals surface area contributed by atoms with Gasteiger partial charge in [0.1, 0.15) is 12.4 Å². The maximum Gasteiger partial charge on any atom is 0.318 e. The summed E-state index contributed by atoms with van der Waals surface area (Å²) in [4.78, 5) is 17.3. The van der Waals surface area contributed by atoms with Crippen molar-refractivity contribution in [1.82, 2.24) is 20.2 Å². The maximum atomic E-state index is 6.73. The van der Waals surface area contributed by atoms with Gasteiger partial charge >= 0.3 is 6.01 Å². The average molecular weight is 554 g/mol. The molecule has 1 aromatic heterocycles. The largest absolute Gasteiger partial charge is 0.462 e. The Hall–Kier alpha value is -2.32. The summed E-state index contributed by atoms with van der Waals surface area (Å²) in [6, 6.07) is 12.2. The van der Waals surface area contributed by atoms with Crippen LogP contribution in [0.1, 0.15) is 36.9 Å². The molecule has 0 spiro atoms. The Morgan fingerprint density at radius 3 is 2.63 bits per heavy atom. The van der Waals surface area contributed by atoms with Crippen molar-refractivity contribution in [3.63, 3.8) is 0 Å². The smallest absolute Gasteiger partial charge is 0.318 e. The first-order valence-corrected chi connectivity index (χ1v) is 14.6. The number of piperazine rings is 1. The number of halogens is 2. The van der Waals surface area contributed by atoms with Crippen LogP contribution in [-0.2, 0) is 13.0 Å². The van der Waals surface area contributed by atoms with Crippen molar-refractivity contribution in [1.29, 1.82) is 0 Å². The first kappa shape index (κ1) is 24.7. The average Bonchev–Trinajstić information content (AvgIpc) is 3.51. The van der Waals surface area contributed by atoms with Crippen LogP contribution in [0.15, 0.2) is 30.3 Å². The molecule has 3 atom stereocenters. The Morgan fingerprint density at radius 1 is 1.00 bits per heavy atom. The zero-order chi connectivity index (χ0) is 25.8. The third-order valence-corrected chi connectivity index (χ3v) is 9.67. The van der Waals surface area contributed by atoms with Crippen LogP contribution in [0.3, 0.4) is 0 Å². The number of hydrogen-bond acceptors (Lipinski definition) is 7. The second-order valence-corrected chi connectivity index (χ2v) is 12.1. The normalized spacial score (nSPS) is 25.3. The van der Waals surface area contributed by atoms with Crippen LogP contribution < -0.4 is 19.9 Å². The lowest BCUT2D eigenvalue weighted by Gasteiger charge is -2.37. The van der Waals surface area contributed by atoms with Crippen molar-refractivity contribution in [3.05, 3.63) is 51.6 Å². The fourth-order valence-corrected chi connectivity index (χ4v) is 7.23. The van der Waals surface area contributed by atoms with Gasteiger partial charge in [0.15, 0.2) is 0 Å². The van der Waals surface area contributed by atoms with E-state index in [0.29, 0.717) is 47.3 Å². The van der Waals surface area contributed by atoms with Crippen LogP contribution in [0.4, 0.5) is 11.5 Å². The SMILES string of the molecule is CN1CCC[C@H]1COc1nc2c(c(N3CC4CCC(C3)N4)n1)CCN(c1cccc3ccc(Cl)c(Cl)c13)C2. The summed E-state index contributed by atoms with van der Waals surface area (Å²) < 4.78 is 6.31. The predicted octanol–water partition coefficient (Wildman–Crippen LogP) is 4.91. The van der Waals surface area contributed by atoms with E-state index < -0.39 is 0 Å². The molecular weight excluding hydrogens is 519 g/mol. The van der Waals surface area contributed by atoms with Gasteiger partial charge in [0.05, 0.1) is 22.3 Å². The zero-order valence-corrected chi connectivity index (χ0v) is 23.3. The Bertz CT molecular complexity index is 1360. The summed E-state index contributed by atoms with van der Waals surface area (Å²) in [6.07, 6.45) is 5.74. The Kier molecular flexibility index (Phi) is 6.51. The van der Waals surface area contributed by atoms with Gasteiger partial charge in [-0.15, -0.1) is 0 Å². The van der Waals surface area contributed by atoms with Gasteiger partial charge in [-0.25, -0.2) is 0 Å². The van der Waals surface area contributed by atoms with Crippen molar-refractivity contribution in [2.75, 3.05) is 49.6 Å². The highest BCUT2D eigenvalue weighted by atomic mass is 35.5. The number of fused-ring (bicyclic) bond motifs is 4. The molecule has 0 amide bonds.